The summed E-state index contributed by atoms with van der Waals surface area (Å²) in [6, 6.07) is -0.349. The molecule has 2 amide bonds. The fourth-order valence-corrected chi connectivity index (χ4v) is 4.09. The summed E-state index contributed by atoms with van der Waals surface area (Å²) in [5, 5.41) is 12.4. The molecule has 3 rings (SSSR count). The Morgan fingerprint density at radius 3 is 2.47 bits per heavy atom. The second-order valence-electron chi connectivity index (χ2n) is 6.20. The van der Waals surface area contributed by atoms with Gasteiger partial charge in [-0.05, 0) is 38.0 Å². The third kappa shape index (κ3) is 2.30. The number of nitrogens with one attached hydrogen (secondary N) is 1. The molecule has 3 fully saturated rings. The van der Waals surface area contributed by atoms with Crippen LogP contribution < -0.4 is 5.32 Å². The van der Waals surface area contributed by atoms with Crippen LogP contribution in [0.2, 0.25) is 0 Å². The van der Waals surface area contributed by atoms with Crippen molar-refractivity contribution < 1.29 is 14.7 Å². The van der Waals surface area contributed by atoms with E-state index in [0.717, 1.165) is 32.1 Å². The highest BCUT2D eigenvalue weighted by Gasteiger charge is 2.51. The van der Waals surface area contributed by atoms with Crippen LogP contribution in [0.25, 0.3) is 0 Å². The molecule has 1 saturated heterocycles. The first-order valence-corrected chi connectivity index (χ1v) is 7.48. The molecule has 5 heteroatoms. The second kappa shape index (κ2) is 5.02. The van der Waals surface area contributed by atoms with E-state index in [1.54, 1.807) is 4.90 Å². The Kier molecular flexibility index (Phi) is 3.37. The number of urea groups is 1. The molecular weight excluding hydrogens is 244 g/mol. The first-order chi connectivity index (χ1) is 9.16. The van der Waals surface area contributed by atoms with E-state index in [-0.39, 0.29) is 24.0 Å². The van der Waals surface area contributed by atoms with Gasteiger partial charge in [-0.1, -0.05) is 19.3 Å². The van der Waals surface area contributed by atoms with Crippen molar-refractivity contribution >= 4 is 12.0 Å². The molecule has 106 valence electrons. The molecule has 0 radical (unpaired) electrons. The van der Waals surface area contributed by atoms with Crippen molar-refractivity contribution in [1.82, 2.24) is 10.2 Å². The zero-order valence-corrected chi connectivity index (χ0v) is 11.2. The Morgan fingerprint density at radius 2 is 1.79 bits per heavy atom. The molecule has 5 nitrogen and oxygen atoms in total. The van der Waals surface area contributed by atoms with Crippen LogP contribution >= 0.6 is 0 Å². The number of carbonyl (C=O) groups is 2. The lowest BCUT2D eigenvalue weighted by Crippen LogP contribution is -2.54. The number of rotatable bonds is 2. The van der Waals surface area contributed by atoms with Gasteiger partial charge in [0.1, 0.15) is 6.04 Å². The zero-order valence-electron chi connectivity index (χ0n) is 11.2. The first kappa shape index (κ1) is 12.8. The summed E-state index contributed by atoms with van der Waals surface area (Å²) in [7, 11) is 0. The quantitative estimate of drug-likeness (QED) is 0.802. The van der Waals surface area contributed by atoms with Gasteiger partial charge in [-0.15, -0.1) is 0 Å². The van der Waals surface area contributed by atoms with Gasteiger partial charge >= 0.3 is 12.0 Å². The van der Waals surface area contributed by atoms with Crippen LogP contribution in [0, 0.1) is 5.92 Å². The highest BCUT2D eigenvalue weighted by atomic mass is 16.4. The number of hydrogen-bond donors (Lipinski definition) is 2. The minimum absolute atomic E-state index is 0.147. The van der Waals surface area contributed by atoms with Gasteiger partial charge in [0.05, 0.1) is 0 Å². The van der Waals surface area contributed by atoms with Crippen LogP contribution in [-0.4, -0.2) is 40.1 Å². The van der Waals surface area contributed by atoms with E-state index >= 15 is 0 Å². The molecular formula is C14H22N2O3. The normalized spacial score (nSPS) is 34.5. The van der Waals surface area contributed by atoms with Gasteiger partial charge in [0.25, 0.3) is 0 Å². The number of aliphatic carboxylic acids is 1. The van der Waals surface area contributed by atoms with Crippen molar-refractivity contribution in [2.45, 2.75) is 69.5 Å². The predicted octanol–water partition coefficient (Wildman–Crippen LogP) is 1.97. The van der Waals surface area contributed by atoms with Crippen LogP contribution in [0.15, 0.2) is 0 Å². The Hall–Kier alpha value is -1.26. The average Bonchev–Trinajstić information content (AvgIpc) is 2.99. The van der Waals surface area contributed by atoms with Crippen molar-refractivity contribution in [1.29, 1.82) is 0 Å². The molecule has 0 aromatic rings. The number of hydrogen-bond acceptors (Lipinski definition) is 2. The van der Waals surface area contributed by atoms with Crippen molar-refractivity contribution in [3.05, 3.63) is 0 Å². The summed E-state index contributed by atoms with van der Waals surface area (Å²) in [5.74, 6) is -0.675. The Balaban J connectivity index is 1.66. The van der Waals surface area contributed by atoms with E-state index < -0.39 is 12.0 Å². The van der Waals surface area contributed by atoms with Gasteiger partial charge < -0.3 is 15.3 Å². The summed E-state index contributed by atoms with van der Waals surface area (Å²) in [4.78, 5) is 25.4. The highest BCUT2D eigenvalue weighted by molar-refractivity contribution is 5.84. The number of carbonyl (C=O) groups excluding carboxylic acids is 1. The largest absolute Gasteiger partial charge is 0.480 e. The number of fused-ring (bicyclic) bond motifs is 2. The standard InChI is InChI=1S/C14H22N2O3/c17-13(18)12-9-6-7-11(8-9)16(12)14(19)15-10-4-2-1-3-5-10/h9-12H,1-8H2,(H,15,19)(H,17,18)/t9-,11-,12-/m0/s1. The molecule has 19 heavy (non-hydrogen) atoms. The lowest BCUT2D eigenvalue weighted by Gasteiger charge is -2.34. The van der Waals surface area contributed by atoms with Gasteiger partial charge in [0, 0.05) is 12.1 Å². The van der Waals surface area contributed by atoms with E-state index in [0.29, 0.717) is 0 Å². The fourth-order valence-electron chi connectivity index (χ4n) is 4.09. The molecule has 0 spiro atoms. The third-order valence-corrected chi connectivity index (χ3v) is 5.01. The Morgan fingerprint density at radius 1 is 1.05 bits per heavy atom. The molecule has 3 atom stereocenters. The molecule has 0 unspecified atom stereocenters. The van der Waals surface area contributed by atoms with E-state index in [2.05, 4.69) is 5.32 Å². The average molecular weight is 266 g/mol. The summed E-state index contributed by atoms with van der Waals surface area (Å²) in [6.45, 7) is 0. The zero-order chi connectivity index (χ0) is 13.4. The van der Waals surface area contributed by atoms with Crippen LogP contribution in [-0.2, 0) is 4.79 Å². The minimum Gasteiger partial charge on any atom is -0.480 e. The number of carboxylic acid groups (broad SMARTS) is 1. The maximum Gasteiger partial charge on any atom is 0.326 e. The maximum absolute atomic E-state index is 12.4. The molecule has 0 aromatic heterocycles. The number of carboxylic acids is 1. The van der Waals surface area contributed by atoms with Gasteiger partial charge in [-0.25, -0.2) is 9.59 Å². The second-order valence-corrected chi connectivity index (χ2v) is 6.20. The molecule has 2 aliphatic carbocycles. The summed E-state index contributed by atoms with van der Waals surface area (Å²) in [6.07, 6.45) is 8.44. The van der Waals surface area contributed by atoms with Crippen LogP contribution in [0.5, 0.6) is 0 Å². The SMILES string of the molecule is O=C(O)[C@@H]1[C@H]2CC[C@@H](C2)N1C(=O)NC1CCCCC1. The highest BCUT2D eigenvalue weighted by Crippen LogP contribution is 2.42. The predicted molar refractivity (Wildman–Crippen MR) is 69.8 cm³/mol. The van der Waals surface area contributed by atoms with Crippen LogP contribution in [0.3, 0.4) is 0 Å². The topological polar surface area (TPSA) is 69.6 Å². The fraction of sp³-hybridized carbons (Fsp3) is 0.857. The molecule has 2 bridgehead atoms. The monoisotopic (exact) mass is 266 g/mol. The lowest BCUT2D eigenvalue weighted by molar-refractivity contribution is -0.143. The van der Waals surface area contributed by atoms with E-state index in [9.17, 15) is 14.7 Å². The smallest absolute Gasteiger partial charge is 0.326 e. The molecule has 2 saturated carbocycles. The van der Waals surface area contributed by atoms with Crippen molar-refractivity contribution in [2.75, 3.05) is 0 Å². The molecule has 1 heterocycles. The molecule has 1 aliphatic heterocycles. The summed E-state index contributed by atoms with van der Waals surface area (Å²) < 4.78 is 0. The number of likely N-dealkylation sites (tertiary alicyclic amines) is 1. The van der Waals surface area contributed by atoms with Gasteiger partial charge in [-0.2, -0.15) is 0 Å². The van der Waals surface area contributed by atoms with E-state index in [4.69, 9.17) is 0 Å². The molecule has 0 aromatic carbocycles. The van der Waals surface area contributed by atoms with Gasteiger partial charge in [0.15, 0.2) is 0 Å². The van der Waals surface area contributed by atoms with E-state index in [1.807, 2.05) is 0 Å². The Bertz CT molecular complexity index is 379. The van der Waals surface area contributed by atoms with Crippen LogP contribution in [0.1, 0.15) is 51.4 Å². The Labute approximate surface area is 113 Å². The third-order valence-electron chi connectivity index (χ3n) is 5.01. The van der Waals surface area contributed by atoms with Gasteiger partial charge in [0.2, 0.25) is 0 Å². The van der Waals surface area contributed by atoms with Crippen LogP contribution in [0.4, 0.5) is 4.79 Å². The lowest BCUT2D eigenvalue weighted by atomic mass is 9.95. The van der Waals surface area contributed by atoms with Crippen molar-refractivity contribution in [2.24, 2.45) is 5.92 Å². The summed E-state index contributed by atoms with van der Waals surface area (Å²) >= 11 is 0. The summed E-state index contributed by atoms with van der Waals surface area (Å²) in [5.41, 5.74) is 0. The number of amides is 2. The minimum atomic E-state index is -0.842. The van der Waals surface area contributed by atoms with Crippen molar-refractivity contribution in [3.8, 4) is 0 Å². The van der Waals surface area contributed by atoms with Gasteiger partial charge in [-0.3, -0.25) is 0 Å². The van der Waals surface area contributed by atoms with Crippen molar-refractivity contribution in [3.63, 3.8) is 0 Å². The van der Waals surface area contributed by atoms with E-state index in [1.165, 1.54) is 19.3 Å². The number of nitrogens with zero attached hydrogens (tertiary/aromatic N) is 1. The maximum atomic E-state index is 12.4. The first-order valence-electron chi connectivity index (χ1n) is 7.48. The molecule has 3 aliphatic rings. The number of piperidine rings is 1. The molecule has 2 N–H and O–H groups in total.